The van der Waals surface area contributed by atoms with Crippen LogP contribution in [0.4, 0.5) is 16.4 Å². The molecule has 7 nitrogen and oxygen atoms in total. The minimum Gasteiger partial charge on any atom is -0.372 e. The van der Waals surface area contributed by atoms with Crippen LogP contribution in [-0.4, -0.2) is 23.4 Å². The highest BCUT2D eigenvalue weighted by Gasteiger charge is 2.13. The number of primary amides is 1. The third-order valence-electron chi connectivity index (χ3n) is 6.56. The molecule has 0 aliphatic heterocycles. The fourth-order valence-electron chi connectivity index (χ4n) is 4.39. The highest BCUT2D eigenvalue weighted by Crippen LogP contribution is 2.32. The Morgan fingerprint density at radius 1 is 0.973 bits per heavy atom. The Labute approximate surface area is 227 Å². The van der Waals surface area contributed by atoms with Crippen molar-refractivity contribution in [3.8, 4) is 6.07 Å². The number of hydrogen-bond acceptors (Lipinski definition) is 7. The molecule has 0 saturated heterocycles. The van der Waals surface area contributed by atoms with E-state index in [-0.39, 0.29) is 6.42 Å². The molecule has 0 unspecified atom stereocenters. The summed E-state index contributed by atoms with van der Waals surface area (Å²) < 4.78 is 4.20. The zero-order chi connectivity index (χ0) is 26.9. The normalized spacial score (nSPS) is 11.2. The number of hydrogen-bond donors (Lipinski definition) is 1. The van der Waals surface area contributed by atoms with E-state index in [1.54, 1.807) is 6.92 Å². The number of carbonyl (C=O) groups is 1. The molecule has 0 aliphatic carbocycles. The van der Waals surface area contributed by atoms with Crippen molar-refractivity contribution in [3.63, 3.8) is 0 Å². The van der Waals surface area contributed by atoms with Gasteiger partial charge in [-0.3, -0.25) is 4.79 Å². The van der Waals surface area contributed by atoms with Crippen molar-refractivity contribution in [1.82, 2.24) is 4.37 Å². The summed E-state index contributed by atoms with van der Waals surface area (Å²) in [4.78, 5) is 14.3. The van der Waals surface area contributed by atoms with E-state index in [1.165, 1.54) is 64.2 Å². The standard InChI is InChI=1S/C29H44N6OS/c1-4-6-8-10-12-14-18-35(19-15-13-11-9-7-5-2)25-16-17-27(24(20-25)21-28(31)36)32-33-29-26(22-30)23(3)34-37-29/h16-17,20H,4-15,18-19,21H2,1-3H3,(H2,31,36). The van der Waals surface area contributed by atoms with Crippen LogP contribution in [0.25, 0.3) is 0 Å². The summed E-state index contributed by atoms with van der Waals surface area (Å²) in [6, 6.07) is 8.15. The van der Waals surface area contributed by atoms with Gasteiger partial charge in [0.25, 0.3) is 0 Å². The van der Waals surface area contributed by atoms with Crippen molar-refractivity contribution < 1.29 is 4.79 Å². The van der Waals surface area contributed by atoms with Gasteiger partial charge in [-0.1, -0.05) is 78.1 Å². The Morgan fingerprint density at radius 3 is 2.14 bits per heavy atom. The van der Waals surface area contributed by atoms with Crippen LogP contribution in [0.1, 0.15) is 108 Å². The number of unbranched alkanes of at least 4 members (excludes halogenated alkanes) is 10. The van der Waals surface area contributed by atoms with Crippen molar-refractivity contribution in [1.29, 1.82) is 5.26 Å². The second-order valence-electron chi connectivity index (χ2n) is 9.74. The fourth-order valence-corrected chi connectivity index (χ4v) is 5.06. The maximum atomic E-state index is 11.9. The number of nitriles is 1. The highest BCUT2D eigenvalue weighted by atomic mass is 32.1. The van der Waals surface area contributed by atoms with Gasteiger partial charge in [-0.2, -0.15) is 9.64 Å². The fraction of sp³-hybridized carbons (Fsp3) is 0.621. The lowest BCUT2D eigenvalue weighted by atomic mass is 10.1. The summed E-state index contributed by atoms with van der Waals surface area (Å²) in [5.74, 6) is -0.404. The molecule has 1 aromatic carbocycles. The van der Waals surface area contributed by atoms with E-state index in [1.807, 2.05) is 12.1 Å². The first-order chi connectivity index (χ1) is 18.0. The molecule has 0 saturated carbocycles. The van der Waals surface area contributed by atoms with Gasteiger partial charge in [0.05, 0.1) is 17.8 Å². The topological polar surface area (TPSA) is 108 Å². The molecule has 0 atom stereocenters. The molecular weight excluding hydrogens is 480 g/mol. The lowest BCUT2D eigenvalue weighted by molar-refractivity contribution is -0.117. The Balaban J connectivity index is 2.18. The zero-order valence-electron chi connectivity index (χ0n) is 23.0. The van der Waals surface area contributed by atoms with E-state index >= 15 is 0 Å². The molecule has 2 aromatic rings. The molecule has 1 aromatic heterocycles. The van der Waals surface area contributed by atoms with Crippen LogP contribution >= 0.6 is 11.5 Å². The first-order valence-corrected chi connectivity index (χ1v) is 14.7. The van der Waals surface area contributed by atoms with Crippen LogP contribution in [0.15, 0.2) is 28.4 Å². The summed E-state index contributed by atoms with van der Waals surface area (Å²) in [6.07, 6.45) is 15.2. The van der Waals surface area contributed by atoms with Gasteiger partial charge in [0.1, 0.15) is 11.6 Å². The minimum absolute atomic E-state index is 0.0941. The summed E-state index contributed by atoms with van der Waals surface area (Å²) in [6.45, 7) is 8.28. The Kier molecular flexibility index (Phi) is 14.5. The molecule has 37 heavy (non-hydrogen) atoms. The zero-order valence-corrected chi connectivity index (χ0v) is 23.8. The lowest BCUT2D eigenvalue weighted by Gasteiger charge is -2.26. The van der Waals surface area contributed by atoms with Crippen molar-refractivity contribution in [2.24, 2.45) is 16.0 Å². The van der Waals surface area contributed by atoms with Crippen LogP contribution in [0.5, 0.6) is 0 Å². The number of anilines is 1. The molecule has 0 radical (unpaired) electrons. The predicted molar refractivity (Wildman–Crippen MR) is 154 cm³/mol. The number of rotatable bonds is 19. The van der Waals surface area contributed by atoms with Gasteiger partial charge in [0.15, 0.2) is 5.00 Å². The van der Waals surface area contributed by atoms with Crippen LogP contribution in [0, 0.1) is 18.3 Å². The smallest absolute Gasteiger partial charge is 0.221 e. The van der Waals surface area contributed by atoms with Gasteiger partial charge in [-0.05, 0) is 55.1 Å². The number of aryl methyl sites for hydroxylation is 1. The molecule has 1 amide bonds. The van der Waals surface area contributed by atoms with Gasteiger partial charge < -0.3 is 10.6 Å². The molecule has 0 aliphatic rings. The summed E-state index contributed by atoms with van der Waals surface area (Å²) in [7, 11) is 0. The van der Waals surface area contributed by atoms with Crippen LogP contribution in [-0.2, 0) is 11.2 Å². The maximum absolute atomic E-state index is 11.9. The minimum atomic E-state index is -0.404. The number of carbonyl (C=O) groups excluding carboxylic acids is 1. The SMILES string of the molecule is CCCCCCCCN(CCCCCCCC)c1ccc(N=Nc2snc(C)c2C#N)c(CC(N)=O)c1. The van der Waals surface area contributed by atoms with Gasteiger partial charge in [0, 0.05) is 18.8 Å². The Hall–Kier alpha value is -2.79. The number of nitrogens with two attached hydrogens (primary N) is 1. The summed E-state index contributed by atoms with van der Waals surface area (Å²) in [5, 5.41) is 18.5. The molecule has 2 N–H and O–H groups in total. The highest BCUT2D eigenvalue weighted by molar-refractivity contribution is 7.10. The number of azo groups is 1. The lowest BCUT2D eigenvalue weighted by Crippen LogP contribution is -2.26. The van der Waals surface area contributed by atoms with E-state index < -0.39 is 5.91 Å². The van der Waals surface area contributed by atoms with Gasteiger partial charge in [0.2, 0.25) is 5.91 Å². The van der Waals surface area contributed by atoms with Crippen LogP contribution < -0.4 is 10.6 Å². The van der Waals surface area contributed by atoms with Gasteiger partial charge in [-0.25, -0.2) is 0 Å². The van der Waals surface area contributed by atoms with E-state index in [9.17, 15) is 10.1 Å². The quantitative estimate of drug-likeness (QED) is 0.147. The molecule has 0 spiro atoms. The average molecular weight is 525 g/mol. The monoisotopic (exact) mass is 524 g/mol. The van der Waals surface area contributed by atoms with Crippen LogP contribution in [0.2, 0.25) is 0 Å². The number of aromatic nitrogens is 1. The van der Waals surface area contributed by atoms with E-state index in [2.05, 4.69) is 45.5 Å². The summed E-state index contributed by atoms with van der Waals surface area (Å²) >= 11 is 1.15. The molecule has 202 valence electrons. The first kappa shape index (κ1) is 30.4. The second kappa shape index (κ2) is 17.6. The largest absolute Gasteiger partial charge is 0.372 e. The van der Waals surface area contributed by atoms with Crippen molar-refractivity contribution >= 4 is 33.8 Å². The third kappa shape index (κ3) is 11.0. The Bertz CT molecular complexity index is 1010. The molecule has 0 bridgehead atoms. The van der Waals surface area contributed by atoms with Crippen molar-refractivity contribution in [2.75, 3.05) is 18.0 Å². The molecular formula is C29H44N6OS. The number of amides is 1. The first-order valence-electron chi connectivity index (χ1n) is 13.9. The van der Waals surface area contributed by atoms with Crippen LogP contribution in [0.3, 0.4) is 0 Å². The molecule has 1 heterocycles. The molecule has 0 fully saturated rings. The Morgan fingerprint density at radius 2 is 1.57 bits per heavy atom. The average Bonchev–Trinajstić information content (AvgIpc) is 3.24. The molecule has 8 heteroatoms. The predicted octanol–water partition coefficient (Wildman–Crippen LogP) is 8.29. The van der Waals surface area contributed by atoms with E-state index in [0.29, 0.717) is 21.9 Å². The van der Waals surface area contributed by atoms with E-state index in [4.69, 9.17) is 5.73 Å². The van der Waals surface area contributed by atoms with Crippen molar-refractivity contribution in [2.45, 2.75) is 104 Å². The van der Waals surface area contributed by atoms with Crippen molar-refractivity contribution in [3.05, 3.63) is 35.0 Å². The van der Waals surface area contributed by atoms with E-state index in [0.717, 1.165) is 48.7 Å². The maximum Gasteiger partial charge on any atom is 0.221 e. The number of nitrogens with zero attached hydrogens (tertiary/aromatic N) is 5. The second-order valence-corrected chi connectivity index (χ2v) is 10.5. The third-order valence-corrected chi connectivity index (χ3v) is 7.39. The number of benzene rings is 1. The molecule has 2 rings (SSSR count). The van der Waals surface area contributed by atoms with Gasteiger partial charge in [-0.15, -0.1) is 10.2 Å². The summed E-state index contributed by atoms with van der Waals surface area (Å²) in [5.41, 5.74) is 9.11. The van der Waals surface area contributed by atoms with Gasteiger partial charge >= 0.3 is 0 Å².